The highest BCUT2D eigenvalue weighted by Gasteiger charge is 2.19. The van der Waals surface area contributed by atoms with Gasteiger partial charge in [0, 0.05) is 5.56 Å². The fraction of sp³-hybridized carbons (Fsp3) is 0.0667. The number of nitrogens with two attached hydrogens (primary N) is 1. The van der Waals surface area contributed by atoms with E-state index in [1.54, 1.807) is 19.2 Å². The summed E-state index contributed by atoms with van der Waals surface area (Å²) in [6.45, 7) is 0. The largest absolute Gasteiger partial charge is 0.366 e. The second-order valence-corrected chi connectivity index (χ2v) is 5.03. The van der Waals surface area contributed by atoms with Gasteiger partial charge in [0.2, 0.25) is 5.82 Å². The topological polar surface area (TPSA) is 112 Å². The Morgan fingerprint density at radius 3 is 2.43 bits per heavy atom. The quantitative estimate of drug-likeness (QED) is 0.554. The molecule has 0 aliphatic rings. The molecule has 2 heterocycles. The van der Waals surface area contributed by atoms with Gasteiger partial charge in [0.1, 0.15) is 5.52 Å². The number of primary amides is 1. The highest BCUT2D eigenvalue weighted by Crippen LogP contribution is 2.27. The standard InChI is InChI=1S/C15H11N7O/c1-22-20-15(19-21-22)8-6-7-11-13(12(8)14(16)23)18-10-5-3-2-4-9(10)17-11/h2-7H,1H3,(H2,16,23). The van der Waals surface area contributed by atoms with Gasteiger partial charge in [-0.25, -0.2) is 9.97 Å². The van der Waals surface area contributed by atoms with Crippen LogP contribution in [0.5, 0.6) is 0 Å². The number of benzene rings is 2. The number of fused-ring (bicyclic) bond motifs is 2. The summed E-state index contributed by atoms with van der Waals surface area (Å²) in [6, 6.07) is 10.9. The minimum atomic E-state index is -0.609. The Hall–Kier alpha value is -3.42. The molecule has 4 rings (SSSR count). The van der Waals surface area contributed by atoms with Crippen molar-refractivity contribution in [2.24, 2.45) is 12.8 Å². The molecule has 4 aromatic rings. The first-order chi connectivity index (χ1) is 11.1. The fourth-order valence-corrected chi connectivity index (χ4v) is 2.51. The molecule has 0 spiro atoms. The van der Waals surface area contributed by atoms with Crippen LogP contribution in [0.1, 0.15) is 10.4 Å². The van der Waals surface area contributed by atoms with Crippen LogP contribution in [0.15, 0.2) is 36.4 Å². The number of nitrogens with zero attached hydrogens (tertiary/aromatic N) is 6. The zero-order valence-electron chi connectivity index (χ0n) is 12.1. The van der Waals surface area contributed by atoms with Gasteiger partial charge in [-0.2, -0.15) is 4.80 Å². The summed E-state index contributed by atoms with van der Waals surface area (Å²) >= 11 is 0. The van der Waals surface area contributed by atoms with Crippen LogP contribution in [-0.2, 0) is 7.05 Å². The van der Waals surface area contributed by atoms with Gasteiger partial charge in [0.05, 0.1) is 29.2 Å². The number of aromatic nitrogens is 6. The normalized spacial score (nSPS) is 11.2. The number of amides is 1. The Morgan fingerprint density at radius 1 is 1.04 bits per heavy atom. The number of hydrogen-bond acceptors (Lipinski definition) is 6. The van der Waals surface area contributed by atoms with E-state index in [1.807, 2.05) is 24.3 Å². The minimum absolute atomic E-state index is 0.244. The molecule has 0 saturated carbocycles. The lowest BCUT2D eigenvalue weighted by atomic mass is 10.0. The van der Waals surface area contributed by atoms with Crippen LogP contribution >= 0.6 is 0 Å². The summed E-state index contributed by atoms with van der Waals surface area (Å²) in [7, 11) is 1.65. The highest BCUT2D eigenvalue weighted by molar-refractivity contribution is 6.10. The lowest BCUT2D eigenvalue weighted by Crippen LogP contribution is -2.14. The first-order valence-corrected chi connectivity index (χ1v) is 6.87. The Morgan fingerprint density at radius 2 is 1.78 bits per heavy atom. The monoisotopic (exact) mass is 305 g/mol. The van der Waals surface area contributed by atoms with Gasteiger partial charge in [-0.15, -0.1) is 10.2 Å². The predicted octanol–water partition coefficient (Wildman–Crippen LogP) is 1.07. The highest BCUT2D eigenvalue weighted by atomic mass is 16.1. The molecule has 0 fully saturated rings. The van der Waals surface area contributed by atoms with Gasteiger partial charge in [-0.3, -0.25) is 4.79 Å². The van der Waals surface area contributed by atoms with E-state index in [9.17, 15) is 4.79 Å². The van der Waals surface area contributed by atoms with Crippen molar-refractivity contribution in [3.8, 4) is 11.4 Å². The van der Waals surface area contributed by atoms with Crippen molar-refractivity contribution in [3.05, 3.63) is 42.0 Å². The van der Waals surface area contributed by atoms with Crippen LogP contribution in [0.25, 0.3) is 33.5 Å². The Balaban J connectivity index is 2.10. The van der Waals surface area contributed by atoms with Crippen molar-refractivity contribution in [1.82, 2.24) is 30.2 Å². The molecule has 8 heteroatoms. The number of carbonyl (C=O) groups excluding carboxylic acids is 1. The molecule has 2 N–H and O–H groups in total. The maximum atomic E-state index is 12.0. The number of rotatable bonds is 2. The van der Waals surface area contributed by atoms with E-state index >= 15 is 0 Å². The van der Waals surface area contributed by atoms with E-state index in [0.29, 0.717) is 27.9 Å². The number of hydrogen-bond donors (Lipinski definition) is 1. The van der Waals surface area contributed by atoms with Crippen molar-refractivity contribution in [3.63, 3.8) is 0 Å². The summed E-state index contributed by atoms with van der Waals surface area (Å²) < 4.78 is 0. The predicted molar refractivity (Wildman–Crippen MR) is 83.4 cm³/mol. The first kappa shape index (κ1) is 13.3. The lowest BCUT2D eigenvalue weighted by Gasteiger charge is -2.07. The van der Waals surface area contributed by atoms with Crippen molar-refractivity contribution in [1.29, 1.82) is 0 Å². The maximum Gasteiger partial charge on any atom is 0.251 e. The van der Waals surface area contributed by atoms with Gasteiger partial charge >= 0.3 is 0 Å². The second kappa shape index (κ2) is 4.80. The van der Waals surface area contributed by atoms with Crippen molar-refractivity contribution < 1.29 is 4.79 Å². The molecule has 0 unspecified atom stereocenters. The molecule has 0 aliphatic heterocycles. The molecule has 2 aromatic heterocycles. The number of tetrazole rings is 1. The third-order valence-electron chi connectivity index (χ3n) is 3.51. The second-order valence-electron chi connectivity index (χ2n) is 5.03. The number of para-hydroxylation sites is 2. The zero-order chi connectivity index (χ0) is 16.0. The molecule has 1 amide bonds. The molecular weight excluding hydrogens is 294 g/mol. The summed E-state index contributed by atoms with van der Waals surface area (Å²) in [5.74, 6) is -0.291. The molecule has 0 radical (unpaired) electrons. The summed E-state index contributed by atoms with van der Waals surface area (Å²) in [4.78, 5) is 22.4. The minimum Gasteiger partial charge on any atom is -0.366 e. The van der Waals surface area contributed by atoms with Crippen LogP contribution in [0.3, 0.4) is 0 Å². The van der Waals surface area contributed by atoms with Crippen LogP contribution in [0.4, 0.5) is 0 Å². The summed E-state index contributed by atoms with van der Waals surface area (Å²) in [5, 5.41) is 11.9. The van der Waals surface area contributed by atoms with Crippen molar-refractivity contribution in [2.75, 3.05) is 0 Å². The van der Waals surface area contributed by atoms with Crippen LogP contribution in [0.2, 0.25) is 0 Å². The van der Waals surface area contributed by atoms with Gasteiger partial charge in [-0.05, 0) is 29.5 Å². The van der Waals surface area contributed by atoms with Crippen molar-refractivity contribution in [2.45, 2.75) is 0 Å². The Labute approximate surface area is 130 Å². The Bertz CT molecular complexity index is 1070. The summed E-state index contributed by atoms with van der Waals surface area (Å²) in [5.41, 5.74) is 8.77. The number of carbonyl (C=O) groups is 1. The van der Waals surface area contributed by atoms with E-state index in [2.05, 4.69) is 25.4 Å². The number of aryl methyl sites for hydroxylation is 1. The molecule has 23 heavy (non-hydrogen) atoms. The zero-order valence-corrected chi connectivity index (χ0v) is 12.1. The summed E-state index contributed by atoms with van der Waals surface area (Å²) in [6.07, 6.45) is 0. The van der Waals surface area contributed by atoms with E-state index in [0.717, 1.165) is 5.52 Å². The molecule has 2 aromatic carbocycles. The molecule has 0 saturated heterocycles. The van der Waals surface area contributed by atoms with Gasteiger partial charge in [0.25, 0.3) is 5.91 Å². The molecule has 0 atom stereocenters. The molecule has 8 nitrogen and oxygen atoms in total. The van der Waals surface area contributed by atoms with E-state index in [-0.39, 0.29) is 5.56 Å². The smallest absolute Gasteiger partial charge is 0.251 e. The fourth-order valence-electron chi connectivity index (χ4n) is 2.51. The third kappa shape index (κ3) is 2.08. The maximum absolute atomic E-state index is 12.0. The van der Waals surface area contributed by atoms with E-state index < -0.39 is 5.91 Å². The van der Waals surface area contributed by atoms with Crippen LogP contribution < -0.4 is 5.73 Å². The van der Waals surface area contributed by atoms with Crippen LogP contribution in [-0.4, -0.2) is 36.1 Å². The molecular formula is C15H11N7O. The average Bonchev–Trinajstić information content (AvgIpc) is 2.98. The SMILES string of the molecule is Cn1nnc(-c2ccc3nc4ccccc4nc3c2C(N)=O)n1. The molecule has 0 aliphatic carbocycles. The van der Waals surface area contributed by atoms with Crippen molar-refractivity contribution >= 4 is 28.0 Å². The molecule has 0 bridgehead atoms. The lowest BCUT2D eigenvalue weighted by molar-refractivity contribution is 0.100. The Kier molecular flexibility index (Phi) is 2.77. The van der Waals surface area contributed by atoms with Gasteiger partial charge in [-0.1, -0.05) is 12.1 Å². The van der Waals surface area contributed by atoms with E-state index in [4.69, 9.17) is 5.73 Å². The van der Waals surface area contributed by atoms with E-state index in [1.165, 1.54) is 4.80 Å². The molecule has 112 valence electrons. The van der Waals surface area contributed by atoms with Crippen LogP contribution in [0, 0.1) is 0 Å². The third-order valence-corrected chi connectivity index (χ3v) is 3.51. The first-order valence-electron chi connectivity index (χ1n) is 6.87. The van der Waals surface area contributed by atoms with Gasteiger partial charge in [0.15, 0.2) is 0 Å². The average molecular weight is 305 g/mol. The van der Waals surface area contributed by atoms with Gasteiger partial charge < -0.3 is 5.73 Å².